The van der Waals surface area contributed by atoms with Crippen molar-refractivity contribution in [1.82, 2.24) is 10.2 Å². The molecule has 7 nitrogen and oxygen atoms in total. The number of nitrogens with one attached hydrogen (secondary N) is 1. The number of fused-ring (bicyclic) bond motifs is 4. The second-order valence-electron chi connectivity index (χ2n) is 10.3. The molecule has 0 amide bonds. The van der Waals surface area contributed by atoms with Gasteiger partial charge in [0, 0.05) is 44.6 Å². The fourth-order valence-corrected chi connectivity index (χ4v) is 5.97. The number of hydrogen-bond donors (Lipinski definition) is 2. The lowest BCUT2D eigenvalue weighted by atomic mass is 9.84. The summed E-state index contributed by atoms with van der Waals surface area (Å²) in [6, 6.07) is 25.9. The Kier molecular flexibility index (Phi) is 7.68. The maximum Gasteiger partial charge on any atom is 0.339 e. The Morgan fingerprint density at radius 2 is 1.45 bits per heavy atom. The van der Waals surface area contributed by atoms with Crippen LogP contribution in [-0.4, -0.2) is 56.3 Å². The Morgan fingerprint density at radius 3 is 2.05 bits per heavy atom. The maximum atomic E-state index is 12.4. The zero-order valence-corrected chi connectivity index (χ0v) is 22.4. The van der Waals surface area contributed by atoms with Gasteiger partial charge < -0.3 is 15.0 Å². The third-order valence-corrected chi connectivity index (χ3v) is 7.76. The molecular weight excluding hydrogens is 500 g/mol. The van der Waals surface area contributed by atoms with Gasteiger partial charge in [-0.25, -0.2) is 4.79 Å². The molecule has 1 fully saturated rings. The van der Waals surface area contributed by atoms with Gasteiger partial charge in [0.25, 0.3) is 10.1 Å². The van der Waals surface area contributed by atoms with Crippen molar-refractivity contribution in [3.8, 4) is 0 Å². The highest BCUT2D eigenvalue weighted by Crippen LogP contribution is 2.43. The zero-order valence-electron chi connectivity index (χ0n) is 21.6. The molecule has 8 heteroatoms. The molecule has 3 aliphatic rings. The third-order valence-electron chi connectivity index (χ3n) is 7.76. The largest absolute Gasteiger partial charge is 0.450 e. The van der Waals surface area contributed by atoms with Crippen LogP contribution in [0.5, 0.6) is 0 Å². The first-order valence-corrected chi connectivity index (χ1v) is 14.9. The predicted octanol–water partition coefficient (Wildman–Crippen LogP) is 4.13. The van der Waals surface area contributed by atoms with Crippen LogP contribution in [0.1, 0.15) is 57.1 Å². The minimum atomic E-state index is -3.67. The van der Waals surface area contributed by atoms with E-state index < -0.39 is 15.7 Å². The van der Waals surface area contributed by atoms with Crippen LogP contribution in [0, 0.1) is 0 Å². The Balaban J connectivity index is 0.000000540. The summed E-state index contributed by atoms with van der Waals surface area (Å²) >= 11 is 0. The van der Waals surface area contributed by atoms with Gasteiger partial charge in [-0.2, -0.15) is 8.42 Å². The van der Waals surface area contributed by atoms with Crippen LogP contribution in [-0.2, 0) is 33.3 Å². The summed E-state index contributed by atoms with van der Waals surface area (Å²) in [5.41, 5.74) is 7.14. The van der Waals surface area contributed by atoms with Crippen molar-refractivity contribution in [2.45, 2.75) is 37.3 Å². The fourth-order valence-electron chi connectivity index (χ4n) is 5.97. The van der Waals surface area contributed by atoms with E-state index in [0.717, 1.165) is 63.0 Å². The molecule has 2 heterocycles. The summed E-state index contributed by atoms with van der Waals surface area (Å²) in [6.07, 6.45) is 4.64. The summed E-state index contributed by atoms with van der Waals surface area (Å²) < 4.78 is 31.8. The molecule has 200 valence electrons. The lowest BCUT2D eigenvalue weighted by molar-refractivity contribution is -0.0426. The molecule has 1 aliphatic carbocycles. The first-order valence-electron chi connectivity index (χ1n) is 13.1. The Labute approximate surface area is 224 Å². The Hall–Kier alpha value is -3.04. The summed E-state index contributed by atoms with van der Waals surface area (Å²) in [7, 11) is -3.67. The van der Waals surface area contributed by atoms with Crippen LogP contribution >= 0.6 is 0 Å². The van der Waals surface area contributed by atoms with Crippen molar-refractivity contribution in [2.24, 2.45) is 0 Å². The standard InChI is InChI=1S/C29H30N2O2.CH4O3S/c32-28-25-11-5-6-12-26(25)29(33-28)15-18-31(19-16-29)20-17-30-27-23-9-3-1-7-21(23)13-14-22-8-2-4-10-24(22)27;1-5(2,3)4/h1-12,27,30H,13-20H2;1H3,(H,2,3,4). The minimum Gasteiger partial charge on any atom is -0.450 e. The molecular formula is C30H34N2O5S. The molecule has 2 N–H and O–H groups in total. The van der Waals surface area contributed by atoms with E-state index in [0.29, 0.717) is 6.26 Å². The molecule has 0 radical (unpaired) electrons. The molecule has 0 saturated carbocycles. The number of aryl methyl sites for hydroxylation is 2. The number of nitrogens with zero attached hydrogens (tertiary/aromatic N) is 1. The second-order valence-corrected chi connectivity index (χ2v) is 11.8. The van der Waals surface area contributed by atoms with E-state index >= 15 is 0 Å². The number of carbonyl (C=O) groups excluding carboxylic acids is 1. The van der Waals surface area contributed by atoms with Gasteiger partial charge in [-0.1, -0.05) is 66.7 Å². The molecule has 0 atom stereocenters. The van der Waals surface area contributed by atoms with E-state index in [1.54, 1.807) is 0 Å². The highest BCUT2D eigenvalue weighted by molar-refractivity contribution is 7.85. The van der Waals surface area contributed by atoms with Crippen LogP contribution in [0.3, 0.4) is 0 Å². The fraction of sp³-hybridized carbons (Fsp3) is 0.367. The quantitative estimate of drug-likeness (QED) is 0.384. The number of carbonyl (C=O) groups is 1. The molecule has 6 rings (SSSR count). The number of rotatable bonds is 4. The number of piperidine rings is 1. The molecule has 2 aliphatic heterocycles. The highest BCUT2D eigenvalue weighted by Gasteiger charge is 2.46. The smallest absolute Gasteiger partial charge is 0.339 e. The van der Waals surface area contributed by atoms with Gasteiger partial charge in [0.2, 0.25) is 0 Å². The van der Waals surface area contributed by atoms with E-state index in [4.69, 9.17) is 9.29 Å². The average molecular weight is 535 g/mol. The number of esters is 1. The molecule has 3 aromatic rings. The Bertz CT molecular complexity index is 1360. The van der Waals surface area contributed by atoms with Crippen molar-refractivity contribution < 1.29 is 22.5 Å². The van der Waals surface area contributed by atoms with Crippen LogP contribution in [0.2, 0.25) is 0 Å². The average Bonchev–Trinajstić information content (AvgIpc) is 3.07. The number of ether oxygens (including phenoxy) is 1. The van der Waals surface area contributed by atoms with Gasteiger partial charge in [-0.3, -0.25) is 4.55 Å². The topological polar surface area (TPSA) is 95.9 Å². The molecule has 0 aromatic heterocycles. The highest BCUT2D eigenvalue weighted by atomic mass is 32.2. The molecule has 0 bridgehead atoms. The monoisotopic (exact) mass is 534 g/mol. The molecule has 38 heavy (non-hydrogen) atoms. The van der Waals surface area contributed by atoms with Gasteiger partial charge in [0.05, 0.1) is 17.9 Å². The van der Waals surface area contributed by atoms with Gasteiger partial charge in [-0.15, -0.1) is 0 Å². The number of likely N-dealkylation sites (tertiary alicyclic amines) is 1. The van der Waals surface area contributed by atoms with Crippen LogP contribution in [0.25, 0.3) is 0 Å². The zero-order chi connectivity index (χ0) is 26.8. The predicted molar refractivity (Wildman–Crippen MR) is 147 cm³/mol. The minimum absolute atomic E-state index is 0.161. The van der Waals surface area contributed by atoms with Crippen LogP contribution in [0.15, 0.2) is 72.8 Å². The molecule has 1 spiro atoms. The summed E-state index contributed by atoms with van der Waals surface area (Å²) in [4.78, 5) is 14.9. The van der Waals surface area contributed by atoms with Gasteiger partial charge in [0.1, 0.15) is 5.60 Å². The van der Waals surface area contributed by atoms with E-state index in [-0.39, 0.29) is 12.0 Å². The van der Waals surface area contributed by atoms with Gasteiger partial charge in [0.15, 0.2) is 0 Å². The summed E-state index contributed by atoms with van der Waals surface area (Å²) in [6.45, 7) is 3.81. The van der Waals surface area contributed by atoms with E-state index in [2.05, 4.69) is 64.8 Å². The van der Waals surface area contributed by atoms with Crippen molar-refractivity contribution in [1.29, 1.82) is 0 Å². The number of benzene rings is 3. The second kappa shape index (κ2) is 11.0. The lowest BCUT2D eigenvalue weighted by Crippen LogP contribution is -2.45. The lowest BCUT2D eigenvalue weighted by Gasteiger charge is -2.38. The normalized spacial score (nSPS) is 18.4. The summed E-state index contributed by atoms with van der Waals surface area (Å²) in [5, 5.41) is 3.88. The van der Waals surface area contributed by atoms with Gasteiger partial charge >= 0.3 is 5.97 Å². The third kappa shape index (κ3) is 5.83. The number of hydrogen-bond acceptors (Lipinski definition) is 6. The SMILES string of the molecule is CS(=O)(=O)O.O=C1OC2(CCN(CCNC3c4ccccc4CCc4ccccc43)CC2)c2ccccc21. The van der Waals surface area contributed by atoms with Crippen LogP contribution < -0.4 is 5.32 Å². The molecule has 1 saturated heterocycles. The van der Waals surface area contributed by atoms with Crippen LogP contribution in [0.4, 0.5) is 0 Å². The Morgan fingerprint density at radius 1 is 0.921 bits per heavy atom. The molecule has 3 aromatic carbocycles. The van der Waals surface area contributed by atoms with Crippen molar-refractivity contribution in [3.05, 3.63) is 106 Å². The maximum absolute atomic E-state index is 12.4. The first-order chi connectivity index (χ1) is 18.2. The molecule has 0 unspecified atom stereocenters. The van der Waals surface area contributed by atoms with E-state index in [1.165, 1.54) is 22.3 Å². The van der Waals surface area contributed by atoms with E-state index in [9.17, 15) is 13.2 Å². The van der Waals surface area contributed by atoms with Crippen molar-refractivity contribution in [3.63, 3.8) is 0 Å². The first kappa shape index (κ1) is 26.6. The van der Waals surface area contributed by atoms with E-state index in [1.807, 2.05) is 18.2 Å². The van der Waals surface area contributed by atoms with Crippen molar-refractivity contribution >= 4 is 16.1 Å². The van der Waals surface area contributed by atoms with Gasteiger partial charge in [-0.05, 0) is 41.2 Å². The van der Waals surface area contributed by atoms with Crippen molar-refractivity contribution in [2.75, 3.05) is 32.4 Å². The summed E-state index contributed by atoms with van der Waals surface area (Å²) in [5.74, 6) is -0.161.